The van der Waals surface area contributed by atoms with E-state index < -0.39 is 20.8 Å². The van der Waals surface area contributed by atoms with Crippen LogP contribution in [0.1, 0.15) is 36.8 Å². The first-order chi connectivity index (χ1) is 13.2. The Morgan fingerprint density at radius 3 is 1.93 bits per heavy atom. The van der Waals surface area contributed by atoms with Crippen molar-refractivity contribution in [2.75, 3.05) is 0 Å². The zero-order chi connectivity index (χ0) is 19.3. The molecule has 1 unspecified atom stereocenters. The van der Waals surface area contributed by atoms with Crippen molar-refractivity contribution in [3.8, 4) is 11.1 Å². The van der Waals surface area contributed by atoms with Crippen LogP contribution in [-0.4, -0.2) is 0 Å². The Hall–Kier alpha value is -0.877. The molecular formula is C24H24Cl2Zr. The molecule has 0 heterocycles. The van der Waals surface area contributed by atoms with Crippen molar-refractivity contribution in [3.05, 3.63) is 96.6 Å². The van der Waals surface area contributed by atoms with Gasteiger partial charge in [-0.2, -0.15) is 0 Å². The zero-order valence-electron chi connectivity index (χ0n) is 15.5. The third-order valence-corrected chi connectivity index (χ3v) is 5.89. The SMILES string of the molecule is C=CCCC(C)(C1C=CC=C1)C1c2ccccc2-c2ccccc21.[Cl][Zr][Cl]. The second-order valence-corrected chi connectivity index (χ2v) is 11.0. The van der Waals surface area contributed by atoms with Gasteiger partial charge in [0.25, 0.3) is 0 Å². The number of hydrogen-bond acceptors (Lipinski definition) is 0. The standard InChI is InChI=1S/C24H24.2ClH.Zr/c1-3-4-17-24(2,18-11-5-6-12-18)23-21-15-9-7-13-19(21)20-14-8-10-16-22(20)23;;;/h3,5-16,18,23H,1,4,17H2,2H3;2*1H;/q;;;+2/p-2. The topological polar surface area (TPSA) is 0 Å². The third kappa shape index (κ3) is 4.12. The van der Waals surface area contributed by atoms with E-state index in [1.807, 2.05) is 0 Å². The van der Waals surface area contributed by atoms with Crippen LogP contribution in [0.5, 0.6) is 0 Å². The molecule has 138 valence electrons. The quantitative estimate of drug-likeness (QED) is 0.387. The Morgan fingerprint density at radius 2 is 1.44 bits per heavy atom. The van der Waals surface area contributed by atoms with E-state index in [0.717, 1.165) is 12.8 Å². The predicted molar refractivity (Wildman–Crippen MR) is 115 cm³/mol. The van der Waals surface area contributed by atoms with Gasteiger partial charge in [-0.15, -0.1) is 6.58 Å². The number of rotatable bonds is 5. The van der Waals surface area contributed by atoms with E-state index in [1.165, 1.54) is 22.3 Å². The summed E-state index contributed by atoms with van der Waals surface area (Å²) in [6, 6.07) is 17.9. The zero-order valence-corrected chi connectivity index (χ0v) is 19.5. The molecule has 0 fully saturated rings. The van der Waals surface area contributed by atoms with Crippen LogP contribution in [-0.2, 0) is 20.8 Å². The third-order valence-electron chi connectivity index (χ3n) is 5.89. The molecule has 0 spiro atoms. The molecule has 0 nitrogen and oxygen atoms in total. The van der Waals surface area contributed by atoms with E-state index in [2.05, 4.69) is 92.4 Å². The van der Waals surface area contributed by atoms with Crippen LogP contribution in [0.4, 0.5) is 0 Å². The van der Waals surface area contributed by atoms with Crippen molar-refractivity contribution in [3.63, 3.8) is 0 Å². The fourth-order valence-corrected chi connectivity index (χ4v) is 4.65. The second kappa shape index (κ2) is 9.55. The molecule has 0 saturated carbocycles. The molecule has 27 heavy (non-hydrogen) atoms. The van der Waals surface area contributed by atoms with Gasteiger partial charge in [-0.05, 0) is 40.5 Å². The second-order valence-electron chi connectivity index (χ2n) is 7.31. The fourth-order valence-electron chi connectivity index (χ4n) is 4.65. The van der Waals surface area contributed by atoms with Gasteiger partial charge >= 0.3 is 37.9 Å². The van der Waals surface area contributed by atoms with Crippen molar-refractivity contribution in [1.29, 1.82) is 0 Å². The maximum absolute atomic E-state index is 4.93. The minimum absolute atomic E-state index is 0.153. The van der Waals surface area contributed by atoms with Gasteiger partial charge in [0.05, 0.1) is 0 Å². The Morgan fingerprint density at radius 1 is 0.963 bits per heavy atom. The van der Waals surface area contributed by atoms with Gasteiger partial charge in [0.1, 0.15) is 0 Å². The number of benzene rings is 2. The van der Waals surface area contributed by atoms with Crippen molar-refractivity contribution in [1.82, 2.24) is 0 Å². The number of allylic oxidation sites excluding steroid dienone is 5. The molecule has 0 bridgehead atoms. The van der Waals surface area contributed by atoms with Gasteiger partial charge < -0.3 is 0 Å². The monoisotopic (exact) mass is 472 g/mol. The van der Waals surface area contributed by atoms with Crippen LogP contribution in [0.25, 0.3) is 11.1 Å². The van der Waals surface area contributed by atoms with Crippen LogP contribution < -0.4 is 0 Å². The number of halogens is 2. The average Bonchev–Trinajstić information content (AvgIpc) is 3.34. The summed E-state index contributed by atoms with van der Waals surface area (Å²) in [5, 5.41) is 0. The first kappa shape index (κ1) is 20.8. The van der Waals surface area contributed by atoms with Gasteiger partial charge in [0.15, 0.2) is 0 Å². The van der Waals surface area contributed by atoms with Crippen LogP contribution in [0.15, 0.2) is 85.5 Å². The summed E-state index contributed by atoms with van der Waals surface area (Å²) in [6.45, 7) is 6.43. The Labute approximate surface area is 181 Å². The molecule has 2 aromatic carbocycles. The summed E-state index contributed by atoms with van der Waals surface area (Å²) in [5.74, 6) is 0.906. The molecule has 1 atom stereocenters. The summed E-state index contributed by atoms with van der Waals surface area (Å²) >= 11 is -0.826. The Balaban J connectivity index is 0.000000659. The maximum atomic E-state index is 4.93. The van der Waals surface area contributed by atoms with E-state index in [4.69, 9.17) is 17.0 Å². The Bertz CT molecular complexity index is 797. The van der Waals surface area contributed by atoms with E-state index in [9.17, 15) is 0 Å². The molecule has 0 aliphatic heterocycles. The van der Waals surface area contributed by atoms with Gasteiger partial charge in [-0.1, -0.05) is 85.8 Å². The van der Waals surface area contributed by atoms with Crippen molar-refractivity contribution in [2.45, 2.75) is 25.7 Å². The minimum atomic E-state index is -0.826. The van der Waals surface area contributed by atoms with Gasteiger partial charge in [-0.3, -0.25) is 0 Å². The molecule has 0 saturated heterocycles. The molecule has 3 heteroatoms. The van der Waals surface area contributed by atoms with E-state index >= 15 is 0 Å². The van der Waals surface area contributed by atoms with Crippen molar-refractivity contribution in [2.24, 2.45) is 11.3 Å². The van der Waals surface area contributed by atoms with Crippen LogP contribution in [0.3, 0.4) is 0 Å². The van der Waals surface area contributed by atoms with Crippen LogP contribution in [0, 0.1) is 11.3 Å². The first-order valence-corrected chi connectivity index (χ1v) is 15.6. The molecule has 0 N–H and O–H groups in total. The molecule has 2 aliphatic rings. The molecule has 2 aromatic rings. The van der Waals surface area contributed by atoms with E-state index in [0.29, 0.717) is 11.8 Å². The average molecular weight is 475 g/mol. The number of fused-ring (bicyclic) bond motifs is 3. The summed E-state index contributed by atoms with van der Waals surface area (Å²) in [7, 11) is 9.87. The van der Waals surface area contributed by atoms with Crippen LogP contribution >= 0.6 is 17.0 Å². The molecule has 0 aromatic heterocycles. The summed E-state index contributed by atoms with van der Waals surface area (Å²) in [5.41, 5.74) is 5.95. The molecule has 0 radical (unpaired) electrons. The van der Waals surface area contributed by atoms with Crippen molar-refractivity contribution < 1.29 is 20.8 Å². The van der Waals surface area contributed by atoms with Crippen molar-refractivity contribution >= 4 is 17.0 Å². The molecular weight excluding hydrogens is 450 g/mol. The molecule has 0 amide bonds. The molecule has 2 aliphatic carbocycles. The summed E-state index contributed by atoms with van der Waals surface area (Å²) in [6.07, 6.45) is 13.4. The van der Waals surface area contributed by atoms with E-state index in [1.54, 1.807) is 0 Å². The summed E-state index contributed by atoms with van der Waals surface area (Å²) < 4.78 is 0. The van der Waals surface area contributed by atoms with Crippen LogP contribution in [0.2, 0.25) is 0 Å². The number of hydrogen-bond donors (Lipinski definition) is 0. The fraction of sp³-hybridized carbons (Fsp3) is 0.250. The predicted octanol–water partition coefficient (Wildman–Crippen LogP) is 7.89. The van der Waals surface area contributed by atoms with Gasteiger partial charge in [0.2, 0.25) is 0 Å². The first-order valence-electron chi connectivity index (χ1n) is 9.27. The van der Waals surface area contributed by atoms with E-state index in [-0.39, 0.29) is 5.41 Å². The normalized spacial score (nSPS) is 16.9. The molecule has 4 rings (SSSR count). The Kier molecular flexibility index (Phi) is 7.37. The summed E-state index contributed by atoms with van der Waals surface area (Å²) in [4.78, 5) is 0. The van der Waals surface area contributed by atoms with Gasteiger partial charge in [-0.25, -0.2) is 0 Å². The van der Waals surface area contributed by atoms with Gasteiger partial charge in [0, 0.05) is 11.8 Å².